The highest BCUT2D eigenvalue weighted by atomic mass is 16.5. The average Bonchev–Trinajstić information content (AvgIpc) is 3.48. The summed E-state index contributed by atoms with van der Waals surface area (Å²) >= 11 is 0. The molecule has 0 aromatic heterocycles. The second kappa shape index (κ2) is 9.90. The minimum atomic E-state index is -0.0623. The third-order valence-electron chi connectivity index (χ3n) is 5.78. The standard InChI is InChI=1S/C24H30N2O3/c27-24(20-10-6-11-21(16-20)29-18-22-12-7-15-28-22)25-17-23(26-13-4-5-14-26)19-8-2-1-3-9-19/h1-3,6,8-11,16,22-23H,4-5,7,12-15,17-18H2,(H,25,27)/t22-,23+/m1/s1. The number of nitrogens with one attached hydrogen (secondary N) is 1. The van der Waals surface area contributed by atoms with Gasteiger partial charge >= 0.3 is 0 Å². The van der Waals surface area contributed by atoms with E-state index in [4.69, 9.17) is 9.47 Å². The van der Waals surface area contributed by atoms with Crippen LogP contribution in [0.25, 0.3) is 0 Å². The minimum absolute atomic E-state index is 0.0623. The molecule has 5 heteroatoms. The third kappa shape index (κ3) is 5.37. The molecule has 2 aromatic rings. The zero-order chi connectivity index (χ0) is 19.9. The van der Waals surface area contributed by atoms with Gasteiger partial charge in [0.25, 0.3) is 5.91 Å². The van der Waals surface area contributed by atoms with Crippen LogP contribution < -0.4 is 10.1 Å². The molecule has 0 spiro atoms. The number of nitrogens with zero attached hydrogens (tertiary/aromatic N) is 1. The van der Waals surface area contributed by atoms with E-state index in [1.165, 1.54) is 18.4 Å². The van der Waals surface area contributed by atoms with Crippen molar-refractivity contribution in [3.05, 3.63) is 65.7 Å². The maximum atomic E-state index is 12.8. The summed E-state index contributed by atoms with van der Waals surface area (Å²) in [5.74, 6) is 0.653. The van der Waals surface area contributed by atoms with Gasteiger partial charge in [0, 0.05) is 18.7 Å². The summed E-state index contributed by atoms with van der Waals surface area (Å²) in [6, 6.07) is 18.1. The van der Waals surface area contributed by atoms with Crippen LogP contribution in [-0.2, 0) is 4.74 Å². The molecule has 5 nitrogen and oxygen atoms in total. The number of amides is 1. The first-order valence-corrected chi connectivity index (χ1v) is 10.7. The molecule has 1 N–H and O–H groups in total. The van der Waals surface area contributed by atoms with Gasteiger partial charge in [0.2, 0.25) is 0 Å². The van der Waals surface area contributed by atoms with Crippen LogP contribution in [0.15, 0.2) is 54.6 Å². The normalized spacial score (nSPS) is 20.5. The van der Waals surface area contributed by atoms with Crippen LogP contribution >= 0.6 is 0 Å². The molecule has 0 bridgehead atoms. The third-order valence-corrected chi connectivity index (χ3v) is 5.78. The molecule has 2 aliphatic heterocycles. The van der Waals surface area contributed by atoms with Crippen molar-refractivity contribution in [3.63, 3.8) is 0 Å². The molecule has 29 heavy (non-hydrogen) atoms. The molecule has 2 heterocycles. The van der Waals surface area contributed by atoms with Gasteiger partial charge in [-0.05, 0) is 62.5 Å². The zero-order valence-corrected chi connectivity index (χ0v) is 16.9. The fourth-order valence-corrected chi connectivity index (χ4v) is 4.17. The van der Waals surface area contributed by atoms with E-state index in [9.17, 15) is 4.79 Å². The molecule has 2 atom stereocenters. The largest absolute Gasteiger partial charge is 0.491 e. The number of carbonyl (C=O) groups excluding carboxylic acids is 1. The van der Waals surface area contributed by atoms with Gasteiger partial charge in [-0.1, -0.05) is 36.4 Å². The van der Waals surface area contributed by atoms with Crippen molar-refractivity contribution in [2.24, 2.45) is 0 Å². The van der Waals surface area contributed by atoms with Crippen LogP contribution in [0.5, 0.6) is 5.75 Å². The Bertz CT molecular complexity index is 784. The Balaban J connectivity index is 1.36. The number of rotatable bonds is 8. The smallest absolute Gasteiger partial charge is 0.251 e. The summed E-state index contributed by atoms with van der Waals surface area (Å²) in [7, 11) is 0. The van der Waals surface area contributed by atoms with E-state index >= 15 is 0 Å². The Kier molecular flexibility index (Phi) is 6.80. The van der Waals surface area contributed by atoms with Gasteiger partial charge < -0.3 is 14.8 Å². The maximum Gasteiger partial charge on any atom is 0.251 e. The van der Waals surface area contributed by atoms with Crippen LogP contribution in [0.1, 0.15) is 47.6 Å². The first kappa shape index (κ1) is 19.9. The monoisotopic (exact) mass is 394 g/mol. The fraction of sp³-hybridized carbons (Fsp3) is 0.458. The fourth-order valence-electron chi connectivity index (χ4n) is 4.17. The Hall–Kier alpha value is -2.37. The van der Waals surface area contributed by atoms with E-state index in [2.05, 4.69) is 34.5 Å². The van der Waals surface area contributed by atoms with Crippen molar-refractivity contribution in [2.45, 2.75) is 37.8 Å². The summed E-state index contributed by atoms with van der Waals surface area (Å²) < 4.78 is 11.4. The molecule has 2 aliphatic rings. The molecule has 2 fully saturated rings. The molecule has 2 saturated heterocycles. The van der Waals surface area contributed by atoms with Gasteiger partial charge in [-0.15, -0.1) is 0 Å². The van der Waals surface area contributed by atoms with Crippen LogP contribution in [0.3, 0.4) is 0 Å². The van der Waals surface area contributed by atoms with Crippen LogP contribution in [0.4, 0.5) is 0 Å². The van der Waals surface area contributed by atoms with Gasteiger partial charge in [0.05, 0.1) is 12.1 Å². The van der Waals surface area contributed by atoms with Crippen molar-refractivity contribution in [1.82, 2.24) is 10.2 Å². The van der Waals surface area contributed by atoms with E-state index in [1.807, 2.05) is 30.3 Å². The lowest BCUT2D eigenvalue weighted by Gasteiger charge is -2.28. The van der Waals surface area contributed by atoms with Crippen molar-refractivity contribution in [3.8, 4) is 5.75 Å². The summed E-state index contributed by atoms with van der Waals surface area (Å²) in [6.45, 7) is 4.13. The predicted molar refractivity (Wildman–Crippen MR) is 113 cm³/mol. The van der Waals surface area contributed by atoms with E-state index in [0.717, 1.165) is 32.5 Å². The molecule has 2 aromatic carbocycles. The number of carbonyl (C=O) groups is 1. The number of hydrogen-bond donors (Lipinski definition) is 1. The predicted octanol–water partition coefficient (Wildman–Crippen LogP) is 3.81. The van der Waals surface area contributed by atoms with Gasteiger partial charge in [-0.3, -0.25) is 9.69 Å². The van der Waals surface area contributed by atoms with Gasteiger partial charge in [0.15, 0.2) is 0 Å². The average molecular weight is 395 g/mol. The Morgan fingerprint density at radius 1 is 1.10 bits per heavy atom. The lowest BCUT2D eigenvalue weighted by Crippen LogP contribution is -2.36. The second-order valence-electron chi connectivity index (χ2n) is 7.85. The molecular formula is C24H30N2O3. The highest BCUT2D eigenvalue weighted by molar-refractivity contribution is 5.94. The zero-order valence-electron chi connectivity index (χ0n) is 16.9. The van der Waals surface area contributed by atoms with E-state index in [0.29, 0.717) is 24.5 Å². The SMILES string of the molecule is O=C(NC[C@@H](c1ccccc1)N1CCCC1)c1cccc(OC[C@H]2CCCO2)c1. The summed E-state index contributed by atoms with van der Waals surface area (Å²) in [4.78, 5) is 15.3. The number of hydrogen-bond acceptors (Lipinski definition) is 4. The number of ether oxygens (including phenoxy) is 2. The van der Waals surface area contributed by atoms with Gasteiger partial charge in [-0.2, -0.15) is 0 Å². The van der Waals surface area contributed by atoms with Crippen LogP contribution in [0, 0.1) is 0 Å². The van der Waals surface area contributed by atoms with Gasteiger partial charge in [0.1, 0.15) is 12.4 Å². The summed E-state index contributed by atoms with van der Waals surface area (Å²) in [5.41, 5.74) is 1.88. The number of benzene rings is 2. The summed E-state index contributed by atoms with van der Waals surface area (Å²) in [5, 5.41) is 3.14. The van der Waals surface area contributed by atoms with E-state index < -0.39 is 0 Å². The van der Waals surface area contributed by atoms with Gasteiger partial charge in [-0.25, -0.2) is 0 Å². The molecule has 1 amide bonds. The lowest BCUT2D eigenvalue weighted by molar-refractivity contribution is 0.0679. The van der Waals surface area contributed by atoms with Crippen LogP contribution in [-0.4, -0.2) is 49.8 Å². The lowest BCUT2D eigenvalue weighted by atomic mass is 10.1. The molecule has 154 valence electrons. The second-order valence-corrected chi connectivity index (χ2v) is 7.85. The molecule has 0 radical (unpaired) electrons. The quantitative estimate of drug-likeness (QED) is 0.740. The Labute approximate surface area is 173 Å². The van der Waals surface area contributed by atoms with E-state index in [1.54, 1.807) is 0 Å². The minimum Gasteiger partial charge on any atom is -0.491 e. The Morgan fingerprint density at radius 3 is 2.69 bits per heavy atom. The Morgan fingerprint density at radius 2 is 1.93 bits per heavy atom. The molecule has 0 unspecified atom stereocenters. The van der Waals surface area contributed by atoms with Crippen LogP contribution in [0.2, 0.25) is 0 Å². The highest BCUT2D eigenvalue weighted by Crippen LogP contribution is 2.24. The van der Waals surface area contributed by atoms with E-state index in [-0.39, 0.29) is 18.1 Å². The maximum absolute atomic E-state index is 12.8. The number of likely N-dealkylation sites (tertiary alicyclic amines) is 1. The molecule has 0 saturated carbocycles. The van der Waals surface area contributed by atoms with Crippen molar-refractivity contribution in [2.75, 3.05) is 32.8 Å². The molecule has 0 aliphatic carbocycles. The molecular weight excluding hydrogens is 364 g/mol. The first-order chi connectivity index (χ1) is 14.3. The topological polar surface area (TPSA) is 50.8 Å². The molecule has 4 rings (SSSR count). The first-order valence-electron chi connectivity index (χ1n) is 10.7. The van der Waals surface area contributed by atoms with Crippen molar-refractivity contribution < 1.29 is 14.3 Å². The highest BCUT2D eigenvalue weighted by Gasteiger charge is 2.24. The summed E-state index contributed by atoms with van der Waals surface area (Å²) in [6.07, 6.45) is 4.75. The van der Waals surface area contributed by atoms with Crippen molar-refractivity contribution in [1.29, 1.82) is 0 Å². The van der Waals surface area contributed by atoms with Crippen molar-refractivity contribution >= 4 is 5.91 Å².